The fourth-order valence-electron chi connectivity index (χ4n) is 6.10. The molecule has 0 spiro atoms. The molecule has 2 aliphatic rings. The van der Waals surface area contributed by atoms with Gasteiger partial charge in [0.05, 0.1) is 5.69 Å². The standard InChI is InChI=1S/C32H27ClFN5O/c33-29-9-5-4-8-24(29)25-14-21-15-35-32(37-30(21)39(31(25)40)23-12-10-22(34)11-13-23)36-16-26-27-18-38(19-28(26)27)17-20-6-2-1-3-7-20/h1-15,26-28H,16-19H2,(H,35,36,37). The summed E-state index contributed by atoms with van der Waals surface area (Å²) in [6.45, 7) is 4.01. The molecule has 1 N–H and O–H groups in total. The third-order valence-electron chi connectivity index (χ3n) is 8.18. The predicted molar refractivity (Wildman–Crippen MR) is 156 cm³/mol. The maximum atomic E-state index is 13.8. The number of fused-ring (bicyclic) bond motifs is 2. The summed E-state index contributed by atoms with van der Waals surface area (Å²) in [4.78, 5) is 25.7. The minimum absolute atomic E-state index is 0.285. The lowest BCUT2D eigenvalue weighted by Gasteiger charge is -2.19. The van der Waals surface area contributed by atoms with Gasteiger partial charge in [-0.15, -0.1) is 0 Å². The Morgan fingerprint density at radius 2 is 1.65 bits per heavy atom. The Hall–Kier alpha value is -4.07. The Balaban J connectivity index is 1.14. The Labute approximate surface area is 236 Å². The summed E-state index contributed by atoms with van der Waals surface area (Å²) in [6.07, 6.45) is 1.72. The second-order valence-electron chi connectivity index (χ2n) is 10.7. The fourth-order valence-corrected chi connectivity index (χ4v) is 6.34. The lowest BCUT2D eigenvalue weighted by molar-refractivity contribution is 0.280. The third kappa shape index (κ3) is 4.65. The average Bonchev–Trinajstić information content (AvgIpc) is 3.43. The molecule has 1 saturated heterocycles. The normalized spacial score (nSPS) is 20.0. The second kappa shape index (κ2) is 10.2. The molecule has 1 aliphatic heterocycles. The van der Waals surface area contributed by atoms with Gasteiger partial charge in [0.15, 0.2) is 5.65 Å². The highest BCUT2D eigenvalue weighted by atomic mass is 35.5. The molecule has 1 aliphatic carbocycles. The van der Waals surface area contributed by atoms with Crippen molar-refractivity contribution < 1.29 is 4.39 Å². The van der Waals surface area contributed by atoms with Crippen LogP contribution in [0.2, 0.25) is 5.02 Å². The molecule has 2 unspecified atom stereocenters. The third-order valence-corrected chi connectivity index (χ3v) is 8.51. The molecule has 0 radical (unpaired) electrons. The maximum Gasteiger partial charge on any atom is 0.264 e. The fraction of sp³-hybridized carbons (Fsp3) is 0.219. The number of aromatic nitrogens is 3. The van der Waals surface area contributed by atoms with E-state index in [0.29, 0.717) is 56.6 Å². The Bertz CT molecular complexity index is 1750. The molecule has 5 aromatic rings. The van der Waals surface area contributed by atoms with E-state index in [4.69, 9.17) is 16.6 Å². The molecule has 40 heavy (non-hydrogen) atoms. The van der Waals surface area contributed by atoms with E-state index in [1.165, 1.54) is 22.3 Å². The summed E-state index contributed by atoms with van der Waals surface area (Å²) >= 11 is 6.45. The molecule has 200 valence electrons. The van der Waals surface area contributed by atoms with E-state index in [1.54, 1.807) is 30.5 Å². The first-order valence-corrected chi connectivity index (χ1v) is 13.9. The van der Waals surface area contributed by atoms with Crippen molar-refractivity contribution in [3.63, 3.8) is 0 Å². The van der Waals surface area contributed by atoms with E-state index < -0.39 is 0 Å². The van der Waals surface area contributed by atoms with Gasteiger partial charge in [0.25, 0.3) is 5.56 Å². The summed E-state index contributed by atoms with van der Waals surface area (Å²) in [5.74, 6) is 2.06. The summed E-state index contributed by atoms with van der Waals surface area (Å²) in [5, 5.41) is 4.58. The highest BCUT2D eigenvalue weighted by Gasteiger charge is 2.54. The van der Waals surface area contributed by atoms with Gasteiger partial charge in [-0.25, -0.2) is 9.37 Å². The second-order valence-corrected chi connectivity index (χ2v) is 11.1. The molecule has 2 fully saturated rings. The predicted octanol–water partition coefficient (Wildman–Crippen LogP) is 6.03. The Morgan fingerprint density at radius 1 is 0.925 bits per heavy atom. The number of pyridine rings is 1. The van der Waals surface area contributed by atoms with Crippen molar-refractivity contribution in [1.82, 2.24) is 19.4 Å². The minimum Gasteiger partial charge on any atom is -0.354 e. The van der Waals surface area contributed by atoms with Crippen molar-refractivity contribution >= 4 is 28.6 Å². The van der Waals surface area contributed by atoms with Gasteiger partial charge in [0.1, 0.15) is 5.82 Å². The van der Waals surface area contributed by atoms with Crippen molar-refractivity contribution in [3.8, 4) is 16.8 Å². The zero-order valence-electron chi connectivity index (χ0n) is 21.7. The van der Waals surface area contributed by atoms with E-state index in [9.17, 15) is 9.18 Å². The lowest BCUT2D eigenvalue weighted by atomic mass is 10.1. The maximum absolute atomic E-state index is 13.8. The van der Waals surface area contributed by atoms with Crippen LogP contribution in [0, 0.1) is 23.6 Å². The SMILES string of the molecule is O=c1c(-c2ccccc2Cl)cc2cnc(NCC3C4CN(Cc5ccccc5)CC34)nc2n1-c1ccc(F)cc1. The number of nitrogens with zero attached hydrogens (tertiary/aromatic N) is 4. The van der Waals surface area contributed by atoms with E-state index in [-0.39, 0.29) is 11.4 Å². The number of anilines is 1. The monoisotopic (exact) mass is 551 g/mol. The first-order chi connectivity index (χ1) is 19.5. The first kappa shape index (κ1) is 24.9. The number of likely N-dealkylation sites (tertiary alicyclic amines) is 1. The van der Waals surface area contributed by atoms with Crippen molar-refractivity contribution in [2.75, 3.05) is 25.0 Å². The topological polar surface area (TPSA) is 63.1 Å². The van der Waals surface area contributed by atoms with Gasteiger partial charge in [0, 0.05) is 53.9 Å². The molecule has 2 aromatic heterocycles. The van der Waals surface area contributed by atoms with E-state index >= 15 is 0 Å². The number of rotatable bonds is 7. The summed E-state index contributed by atoms with van der Waals surface area (Å²) in [6, 6.07) is 25.4. The van der Waals surface area contributed by atoms with Crippen LogP contribution in [0.5, 0.6) is 0 Å². The van der Waals surface area contributed by atoms with E-state index in [1.807, 2.05) is 18.2 Å². The van der Waals surface area contributed by atoms with Crippen LogP contribution in [0.25, 0.3) is 27.8 Å². The number of piperidine rings is 1. The van der Waals surface area contributed by atoms with Gasteiger partial charge < -0.3 is 5.32 Å². The molecule has 1 saturated carbocycles. The molecule has 0 bridgehead atoms. The number of halogens is 2. The quantitative estimate of drug-likeness (QED) is 0.268. The number of benzene rings is 3. The molecule has 7 rings (SSSR count). The zero-order valence-corrected chi connectivity index (χ0v) is 22.4. The van der Waals surface area contributed by atoms with Crippen LogP contribution in [0.4, 0.5) is 10.3 Å². The van der Waals surface area contributed by atoms with Crippen LogP contribution >= 0.6 is 11.6 Å². The van der Waals surface area contributed by atoms with Crippen LogP contribution < -0.4 is 10.9 Å². The number of hydrogen-bond acceptors (Lipinski definition) is 5. The molecule has 2 atom stereocenters. The summed E-state index contributed by atoms with van der Waals surface area (Å²) in [7, 11) is 0. The highest BCUT2D eigenvalue weighted by Crippen LogP contribution is 2.51. The lowest BCUT2D eigenvalue weighted by Crippen LogP contribution is -2.26. The minimum atomic E-state index is -0.377. The van der Waals surface area contributed by atoms with Crippen LogP contribution in [-0.4, -0.2) is 39.1 Å². The van der Waals surface area contributed by atoms with Crippen LogP contribution in [-0.2, 0) is 6.54 Å². The van der Waals surface area contributed by atoms with Gasteiger partial charge in [-0.1, -0.05) is 60.1 Å². The summed E-state index contributed by atoms with van der Waals surface area (Å²) < 4.78 is 15.3. The van der Waals surface area contributed by atoms with Gasteiger partial charge in [-0.2, -0.15) is 4.98 Å². The van der Waals surface area contributed by atoms with Gasteiger partial charge in [-0.05, 0) is 59.7 Å². The molecular formula is C32H27ClFN5O. The zero-order chi connectivity index (χ0) is 27.2. The average molecular weight is 552 g/mol. The van der Waals surface area contributed by atoms with Crippen molar-refractivity contribution in [2.24, 2.45) is 17.8 Å². The molecule has 8 heteroatoms. The molecule has 6 nitrogen and oxygen atoms in total. The largest absolute Gasteiger partial charge is 0.354 e. The van der Waals surface area contributed by atoms with Crippen molar-refractivity contribution in [2.45, 2.75) is 6.54 Å². The molecule has 3 aromatic carbocycles. The molecule has 0 amide bonds. The smallest absolute Gasteiger partial charge is 0.264 e. The van der Waals surface area contributed by atoms with Gasteiger partial charge >= 0.3 is 0 Å². The first-order valence-electron chi connectivity index (χ1n) is 13.5. The number of hydrogen-bond donors (Lipinski definition) is 1. The summed E-state index contributed by atoms with van der Waals surface area (Å²) in [5.41, 5.74) is 3.09. The van der Waals surface area contributed by atoms with Crippen LogP contribution in [0.1, 0.15) is 5.56 Å². The van der Waals surface area contributed by atoms with E-state index in [2.05, 4.69) is 45.5 Å². The number of nitrogens with one attached hydrogen (secondary N) is 1. The Kier molecular flexibility index (Phi) is 6.33. The van der Waals surface area contributed by atoms with Gasteiger partial charge in [0.2, 0.25) is 5.95 Å². The molecule has 3 heterocycles. The van der Waals surface area contributed by atoms with Crippen molar-refractivity contribution in [1.29, 1.82) is 0 Å². The molecular weight excluding hydrogens is 525 g/mol. The van der Waals surface area contributed by atoms with Crippen LogP contribution in [0.15, 0.2) is 95.9 Å². The van der Waals surface area contributed by atoms with Crippen molar-refractivity contribution in [3.05, 3.63) is 118 Å². The Morgan fingerprint density at radius 3 is 2.40 bits per heavy atom. The van der Waals surface area contributed by atoms with Crippen LogP contribution in [0.3, 0.4) is 0 Å². The highest BCUT2D eigenvalue weighted by molar-refractivity contribution is 6.33. The van der Waals surface area contributed by atoms with E-state index in [0.717, 1.165) is 26.2 Å². The van der Waals surface area contributed by atoms with Gasteiger partial charge in [-0.3, -0.25) is 14.3 Å².